The smallest absolute Gasteiger partial charge is 0.256 e. The Morgan fingerprint density at radius 2 is 1.86 bits per heavy atom. The van der Waals surface area contributed by atoms with Crippen molar-refractivity contribution in [1.82, 2.24) is 4.57 Å². The van der Waals surface area contributed by atoms with Crippen molar-refractivity contribution in [2.24, 2.45) is 0 Å². The fourth-order valence-electron chi connectivity index (χ4n) is 2.71. The van der Waals surface area contributed by atoms with Crippen LogP contribution in [0.4, 0.5) is 0 Å². The third-order valence-electron chi connectivity index (χ3n) is 3.86. The highest BCUT2D eigenvalue weighted by atomic mass is 16.4. The van der Waals surface area contributed by atoms with Gasteiger partial charge >= 0.3 is 0 Å². The van der Waals surface area contributed by atoms with Crippen molar-refractivity contribution in [1.29, 1.82) is 0 Å². The van der Waals surface area contributed by atoms with Crippen LogP contribution in [0.25, 0.3) is 0 Å². The summed E-state index contributed by atoms with van der Waals surface area (Å²) in [6, 6.07) is 0. The lowest BCUT2D eigenvalue weighted by atomic mass is 10.1. The molecule has 0 saturated carbocycles. The molecule has 0 bridgehead atoms. The van der Waals surface area contributed by atoms with Gasteiger partial charge in [-0.2, -0.15) is 0 Å². The molecule has 4 nitrogen and oxygen atoms in total. The molecular formula is C17H30N2O2. The molecule has 120 valence electrons. The van der Waals surface area contributed by atoms with Crippen molar-refractivity contribution >= 4 is 5.97 Å². The van der Waals surface area contributed by atoms with Crippen LogP contribution in [-0.4, -0.2) is 10.5 Å². The van der Waals surface area contributed by atoms with E-state index in [4.69, 9.17) is 0 Å². The zero-order chi connectivity index (χ0) is 15.5. The van der Waals surface area contributed by atoms with Gasteiger partial charge in [0, 0.05) is 18.8 Å². The zero-order valence-electron chi connectivity index (χ0n) is 13.6. The molecule has 0 amide bonds. The zero-order valence-corrected chi connectivity index (χ0v) is 13.6. The molecule has 4 heteroatoms. The largest absolute Gasteiger partial charge is 0.550 e. The monoisotopic (exact) mass is 294 g/mol. The molecule has 1 aromatic heterocycles. The standard InChI is InChI=1S/C17H30N2O2/c1-3-5-6-7-8-9-10-16-18(12-4-2)14-15-19(16)13-11-17(20)21/h14-15H,3-13H2,1-2H3. The summed E-state index contributed by atoms with van der Waals surface area (Å²) in [6.07, 6.45) is 14.0. The van der Waals surface area contributed by atoms with Crippen LogP contribution in [0.1, 0.15) is 71.0 Å². The molecule has 0 aliphatic carbocycles. The molecule has 21 heavy (non-hydrogen) atoms. The lowest BCUT2D eigenvalue weighted by Crippen LogP contribution is -2.37. The molecule has 0 unspecified atom stereocenters. The first-order chi connectivity index (χ1) is 10.2. The van der Waals surface area contributed by atoms with E-state index < -0.39 is 5.97 Å². The normalized spacial score (nSPS) is 11.0. The Labute approximate surface area is 128 Å². The van der Waals surface area contributed by atoms with Crippen LogP contribution in [0, 0.1) is 0 Å². The number of hydrogen-bond donors (Lipinski definition) is 0. The molecule has 0 aliphatic rings. The third-order valence-corrected chi connectivity index (χ3v) is 3.86. The van der Waals surface area contributed by atoms with Crippen molar-refractivity contribution in [3.8, 4) is 0 Å². The Morgan fingerprint density at radius 1 is 1.14 bits per heavy atom. The van der Waals surface area contributed by atoms with E-state index in [-0.39, 0.29) is 6.42 Å². The molecule has 0 aliphatic heterocycles. The number of nitrogens with zero attached hydrogens (tertiary/aromatic N) is 2. The number of imidazole rings is 1. The van der Waals surface area contributed by atoms with Gasteiger partial charge in [0.25, 0.3) is 5.82 Å². The Hall–Kier alpha value is -1.32. The first-order valence-corrected chi connectivity index (χ1v) is 8.46. The van der Waals surface area contributed by atoms with Crippen molar-refractivity contribution in [2.75, 3.05) is 0 Å². The maximum absolute atomic E-state index is 10.6. The van der Waals surface area contributed by atoms with Gasteiger partial charge in [-0.05, 0) is 12.8 Å². The minimum atomic E-state index is -0.976. The van der Waals surface area contributed by atoms with Gasteiger partial charge in [0.2, 0.25) is 0 Å². The second-order valence-corrected chi connectivity index (χ2v) is 5.74. The van der Waals surface area contributed by atoms with Crippen molar-refractivity contribution < 1.29 is 14.5 Å². The van der Waals surface area contributed by atoms with Crippen LogP contribution in [0.2, 0.25) is 0 Å². The maximum atomic E-state index is 10.6. The second kappa shape index (κ2) is 10.4. The van der Waals surface area contributed by atoms with E-state index >= 15 is 0 Å². The first-order valence-electron chi connectivity index (χ1n) is 8.46. The van der Waals surface area contributed by atoms with Crippen LogP contribution >= 0.6 is 0 Å². The summed E-state index contributed by atoms with van der Waals surface area (Å²) in [4.78, 5) is 10.6. The third kappa shape index (κ3) is 6.78. The van der Waals surface area contributed by atoms with E-state index in [1.165, 1.54) is 44.3 Å². The van der Waals surface area contributed by atoms with Gasteiger partial charge < -0.3 is 9.90 Å². The molecular weight excluding hydrogens is 264 g/mol. The van der Waals surface area contributed by atoms with Gasteiger partial charge in [0.05, 0.1) is 13.1 Å². The molecule has 0 spiro atoms. The van der Waals surface area contributed by atoms with Crippen molar-refractivity contribution in [3.63, 3.8) is 0 Å². The molecule has 1 heterocycles. The summed E-state index contributed by atoms with van der Waals surface area (Å²) in [7, 11) is 0. The van der Waals surface area contributed by atoms with Crippen LogP contribution in [-0.2, 0) is 24.3 Å². The number of carbonyl (C=O) groups excluding carboxylic acids is 1. The Morgan fingerprint density at radius 3 is 2.52 bits per heavy atom. The average Bonchev–Trinajstić information content (AvgIpc) is 2.83. The van der Waals surface area contributed by atoms with Crippen LogP contribution in [0.15, 0.2) is 12.4 Å². The fourth-order valence-corrected chi connectivity index (χ4v) is 2.71. The lowest BCUT2D eigenvalue weighted by Gasteiger charge is -2.06. The molecule has 0 radical (unpaired) electrons. The molecule has 0 fully saturated rings. The number of hydrogen-bond acceptors (Lipinski definition) is 2. The van der Waals surface area contributed by atoms with Crippen molar-refractivity contribution in [3.05, 3.63) is 18.2 Å². The fraction of sp³-hybridized carbons (Fsp3) is 0.765. The minimum absolute atomic E-state index is 0.0876. The number of aromatic nitrogens is 2. The van der Waals surface area contributed by atoms with E-state index in [0.717, 1.165) is 19.4 Å². The second-order valence-electron chi connectivity index (χ2n) is 5.74. The summed E-state index contributed by atoms with van der Waals surface area (Å²) in [5.41, 5.74) is 0. The van der Waals surface area contributed by atoms with Gasteiger partial charge in [-0.1, -0.05) is 46.0 Å². The highest BCUT2D eigenvalue weighted by molar-refractivity contribution is 5.64. The summed E-state index contributed by atoms with van der Waals surface area (Å²) in [6.45, 7) is 5.92. The summed E-state index contributed by atoms with van der Waals surface area (Å²) >= 11 is 0. The Kier molecular flexibility index (Phi) is 8.79. The van der Waals surface area contributed by atoms with Crippen LogP contribution in [0.3, 0.4) is 0 Å². The van der Waals surface area contributed by atoms with E-state index in [0.29, 0.717) is 6.54 Å². The quantitative estimate of drug-likeness (QED) is 0.438. The van der Waals surface area contributed by atoms with E-state index in [1.54, 1.807) is 0 Å². The lowest BCUT2D eigenvalue weighted by molar-refractivity contribution is -0.703. The average molecular weight is 294 g/mol. The summed E-state index contributed by atoms with van der Waals surface area (Å²) in [5, 5.41) is 10.6. The number of aliphatic carboxylic acids is 1. The molecule has 0 N–H and O–H groups in total. The van der Waals surface area contributed by atoms with Gasteiger partial charge in [0.1, 0.15) is 12.4 Å². The highest BCUT2D eigenvalue weighted by Gasteiger charge is 2.15. The van der Waals surface area contributed by atoms with E-state index in [9.17, 15) is 9.90 Å². The number of aryl methyl sites for hydroxylation is 2. The minimum Gasteiger partial charge on any atom is -0.550 e. The number of unbranched alkanes of at least 4 members (excludes halogenated alkanes) is 5. The Balaban J connectivity index is 2.50. The number of carboxylic acid groups (broad SMARTS) is 1. The number of carbonyl (C=O) groups is 1. The molecule has 0 aromatic carbocycles. The summed E-state index contributed by atoms with van der Waals surface area (Å²) in [5.74, 6) is 0.282. The molecule has 0 atom stereocenters. The van der Waals surface area contributed by atoms with Gasteiger partial charge in [-0.15, -0.1) is 0 Å². The predicted molar refractivity (Wildman–Crippen MR) is 81.6 cm³/mol. The van der Waals surface area contributed by atoms with Crippen LogP contribution < -0.4 is 9.67 Å². The molecule has 1 aromatic rings. The Bertz CT molecular complexity index is 413. The number of rotatable bonds is 12. The van der Waals surface area contributed by atoms with E-state index in [2.05, 4.69) is 29.2 Å². The topological polar surface area (TPSA) is 48.9 Å². The summed E-state index contributed by atoms with van der Waals surface area (Å²) < 4.78 is 4.35. The number of carboxylic acids is 1. The van der Waals surface area contributed by atoms with Gasteiger partial charge in [-0.3, -0.25) is 0 Å². The molecule has 1 rings (SSSR count). The molecule has 0 saturated heterocycles. The van der Waals surface area contributed by atoms with Crippen LogP contribution in [0.5, 0.6) is 0 Å². The first kappa shape index (κ1) is 17.7. The van der Waals surface area contributed by atoms with Crippen molar-refractivity contribution in [2.45, 2.75) is 84.7 Å². The highest BCUT2D eigenvalue weighted by Crippen LogP contribution is 2.09. The van der Waals surface area contributed by atoms with Gasteiger partial charge in [0.15, 0.2) is 0 Å². The van der Waals surface area contributed by atoms with E-state index in [1.807, 2.05) is 6.20 Å². The van der Waals surface area contributed by atoms with Gasteiger partial charge in [-0.25, -0.2) is 9.13 Å². The predicted octanol–water partition coefficient (Wildman–Crippen LogP) is 2.23. The SMILES string of the molecule is CCCCCCCCc1n(CCC(=O)[O-])cc[n+]1CCC. The maximum Gasteiger partial charge on any atom is 0.256 e.